The van der Waals surface area contributed by atoms with Crippen LogP contribution >= 0.6 is 58.0 Å². The monoisotopic (exact) mass is 567 g/mol. The molecule has 10 nitrogen and oxygen atoms in total. The maximum atomic E-state index is 12.5. The van der Waals surface area contributed by atoms with Gasteiger partial charge in [-0.2, -0.15) is 0 Å². The first-order chi connectivity index (χ1) is 15.9. The maximum Gasteiger partial charge on any atom is 0.291 e. The molecule has 1 aromatic heterocycles. The lowest BCUT2D eigenvalue weighted by Gasteiger charge is -2.12. The number of amides is 1. The van der Waals surface area contributed by atoms with E-state index in [0.717, 1.165) is 12.1 Å². The molecule has 1 heterocycles. The van der Waals surface area contributed by atoms with Gasteiger partial charge in [0, 0.05) is 12.1 Å². The average molecular weight is 570 g/mol. The number of nitrogens with zero attached hydrogens (tertiary/aromatic N) is 2. The van der Waals surface area contributed by atoms with Crippen LogP contribution in [0.1, 0.15) is 21.9 Å². The average Bonchev–Trinajstić information content (AvgIpc) is 3.26. The quantitative estimate of drug-likeness (QED) is 0.135. The molecule has 3 aromatic rings. The number of nitro benzene ring substituents is 2. The van der Waals surface area contributed by atoms with Gasteiger partial charge in [0.2, 0.25) is 0 Å². The number of carbonyl (C=O) groups excluding carboxylic acids is 1. The van der Waals surface area contributed by atoms with E-state index >= 15 is 0 Å². The summed E-state index contributed by atoms with van der Waals surface area (Å²) < 4.78 is 10.9. The van der Waals surface area contributed by atoms with E-state index in [4.69, 9.17) is 67.2 Å². The van der Waals surface area contributed by atoms with Crippen LogP contribution in [0.4, 0.5) is 17.1 Å². The number of ether oxygens (including phenoxy) is 1. The first-order valence-electron chi connectivity index (χ1n) is 8.90. The molecular formula is C19H10Cl5N3O7. The molecule has 3 rings (SSSR count). The van der Waals surface area contributed by atoms with Crippen LogP contribution in [-0.4, -0.2) is 15.8 Å². The number of furan rings is 1. The van der Waals surface area contributed by atoms with Gasteiger partial charge < -0.3 is 14.5 Å². The SMILES string of the molecule is Cc1c([N+](=O)[O-])cc(NC(=O)c2ccc(COc3c(Cl)c(Cl)c(Cl)c(Cl)c3Cl)o2)cc1[N+](=O)[O-]. The molecule has 0 unspecified atom stereocenters. The van der Waals surface area contributed by atoms with Gasteiger partial charge in [-0.25, -0.2) is 0 Å². The summed E-state index contributed by atoms with van der Waals surface area (Å²) in [5.41, 5.74) is -1.35. The van der Waals surface area contributed by atoms with Crippen molar-refractivity contribution in [3.8, 4) is 5.75 Å². The highest BCUT2D eigenvalue weighted by Crippen LogP contribution is 2.48. The van der Waals surface area contributed by atoms with Crippen LogP contribution in [0, 0.1) is 27.2 Å². The molecule has 0 fully saturated rings. The number of benzene rings is 2. The Morgan fingerprint density at radius 1 is 0.941 bits per heavy atom. The topological polar surface area (TPSA) is 138 Å². The van der Waals surface area contributed by atoms with Gasteiger partial charge in [0.25, 0.3) is 17.3 Å². The van der Waals surface area contributed by atoms with Crippen LogP contribution in [0.25, 0.3) is 0 Å². The largest absolute Gasteiger partial charge is 0.482 e. The molecule has 0 bridgehead atoms. The van der Waals surface area contributed by atoms with Crippen molar-refractivity contribution < 1.29 is 23.8 Å². The summed E-state index contributed by atoms with van der Waals surface area (Å²) in [5, 5.41) is 24.4. The minimum atomic E-state index is -0.813. The molecule has 178 valence electrons. The molecule has 0 spiro atoms. The lowest BCUT2D eigenvalue weighted by atomic mass is 10.1. The van der Waals surface area contributed by atoms with E-state index in [9.17, 15) is 25.0 Å². The fourth-order valence-electron chi connectivity index (χ4n) is 2.76. The Morgan fingerprint density at radius 2 is 1.44 bits per heavy atom. The van der Waals surface area contributed by atoms with Crippen LogP contribution in [0.2, 0.25) is 25.1 Å². The lowest BCUT2D eigenvalue weighted by molar-refractivity contribution is -0.395. The van der Waals surface area contributed by atoms with E-state index in [1.165, 1.54) is 19.1 Å². The van der Waals surface area contributed by atoms with Gasteiger partial charge in [-0.15, -0.1) is 0 Å². The smallest absolute Gasteiger partial charge is 0.291 e. The predicted octanol–water partition coefficient (Wildman–Crippen LogP) is 7.50. The van der Waals surface area contributed by atoms with Crippen molar-refractivity contribution in [1.29, 1.82) is 0 Å². The third-order valence-electron chi connectivity index (χ3n) is 4.42. The molecular weight excluding hydrogens is 559 g/mol. The maximum absolute atomic E-state index is 12.5. The molecule has 34 heavy (non-hydrogen) atoms. The number of hydrogen-bond acceptors (Lipinski definition) is 7. The minimum Gasteiger partial charge on any atom is -0.482 e. The van der Waals surface area contributed by atoms with Crippen molar-refractivity contribution in [2.45, 2.75) is 13.5 Å². The third-order valence-corrected chi connectivity index (χ3v) is 6.66. The number of halogens is 5. The second-order valence-electron chi connectivity index (χ2n) is 6.56. The molecule has 0 radical (unpaired) electrons. The van der Waals surface area contributed by atoms with E-state index in [-0.39, 0.29) is 60.2 Å². The molecule has 0 atom stereocenters. The van der Waals surface area contributed by atoms with Crippen molar-refractivity contribution in [1.82, 2.24) is 0 Å². The summed E-state index contributed by atoms with van der Waals surface area (Å²) in [4.78, 5) is 33.3. The standard InChI is InChI=1S/C19H10Cl5N3O7/c1-7-10(26(29)30)4-8(5-11(7)27(31)32)25-19(28)12-3-2-9(34-12)6-33-18-16(23)14(21)13(20)15(22)17(18)24/h2-5H,6H2,1H3,(H,25,28). The first-order valence-corrected chi connectivity index (χ1v) is 10.8. The fourth-order valence-corrected chi connectivity index (χ4v) is 3.99. The van der Waals surface area contributed by atoms with Crippen molar-refractivity contribution in [3.63, 3.8) is 0 Å². The van der Waals surface area contributed by atoms with Gasteiger partial charge in [0.05, 0.1) is 30.6 Å². The minimum absolute atomic E-state index is 0.0424. The predicted molar refractivity (Wildman–Crippen MR) is 127 cm³/mol. The Morgan fingerprint density at radius 3 is 1.94 bits per heavy atom. The lowest BCUT2D eigenvalue weighted by Crippen LogP contribution is -2.12. The van der Waals surface area contributed by atoms with Gasteiger partial charge >= 0.3 is 0 Å². The van der Waals surface area contributed by atoms with Gasteiger partial charge in [-0.1, -0.05) is 58.0 Å². The second kappa shape index (κ2) is 10.2. The zero-order valence-corrected chi connectivity index (χ0v) is 20.4. The number of carbonyl (C=O) groups is 1. The van der Waals surface area contributed by atoms with E-state index in [2.05, 4.69) is 5.32 Å². The Labute approximate surface area is 215 Å². The normalized spacial score (nSPS) is 10.8. The van der Waals surface area contributed by atoms with E-state index < -0.39 is 27.1 Å². The molecule has 0 saturated carbocycles. The van der Waals surface area contributed by atoms with Crippen LogP contribution in [0.5, 0.6) is 5.75 Å². The van der Waals surface area contributed by atoms with Crippen molar-refractivity contribution in [3.05, 3.63) is 86.7 Å². The van der Waals surface area contributed by atoms with Crippen LogP contribution < -0.4 is 10.1 Å². The summed E-state index contributed by atoms with van der Waals surface area (Å²) in [7, 11) is 0. The van der Waals surface area contributed by atoms with E-state index in [0.29, 0.717) is 0 Å². The van der Waals surface area contributed by atoms with E-state index in [1.54, 1.807) is 0 Å². The summed E-state index contributed by atoms with van der Waals surface area (Å²) in [6.07, 6.45) is 0. The Balaban J connectivity index is 1.79. The summed E-state index contributed by atoms with van der Waals surface area (Å²) in [5.74, 6) is -0.897. The highest BCUT2D eigenvalue weighted by atomic mass is 35.5. The number of nitro groups is 2. The molecule has 2 aromatic carbocycles. The third kappa shape index (κ3) is 5.16. The molecule has 15 heteroatoms. The molecule has 1 N–H and O–H groups in total. The van der Waals surface area contributed by atoms with Crippen LogP contribution in [-0.2, 0) is 6.61 Å². The highest BCUT2D eigenvalue weighted by molar-refractivity contribution is 6.55. The summed E-state index contributed by atoms with van der Waals surface area (Å²) in [6, 6.07) is 4.72. The molecule has 0 saturated heterocycles. The van der Waals surface area contributed by atoms with Gasteiger partial charge in [-0.05, 0) is 19.1 Å². The molecule has 1 amide bonds. The van der Waals surface area contributed by atoms with Crippen molar-refractivity contribution >= 4 is 81.0 Å². The number of nitrogens with one attached hydrogen (secondary N) is 1. The molecule has 0 aliphatic rings. The zero-order chi connectivity index (χ0) is 25.3. The second-order valence-corrected chi connectivity index (χ2v) is 8.45. The van der Waals surface area contributed by atoms with Gasteiger partial charge in [0.1, 0.15) is 28.0 Å². The van der Waals surface area contributed by atoms with E-state index in [1.807, 2.05) is 0 Å². The summed E-state index contributed by atoms with van der Waals surface area (Å²) >= 11 is 30.1. The first kappa shape index (κ1) is 25.9. The summed E-state index contributed by atoms with van der Waals surface area (Å²) in [6.45, 7) is 1.00. The Kier molecular flexibility index (Phi) is 7.79. The highest BCUT2D eigenvalue weighted by Gasteiger charge is 2.25. The van der Waals surface area contributed by atoms with Crippen LogP contribution in [0.3, 0.4) is 0 Å². The van der Waals surface area contributed by atoms with Gasteiger partial charge in [0.15, 0.2) is 11.5 Å². The van der Waals surface area contributed by atoms with Crippen molar-refractivity contribution in [2.24, 2.45) is 0 Å². The Bertz CT molecular complexity index is 1280. The Hall–Kier alpha value is -2.76. The zero-order valence-electron chi connectivity index (χ0n) is 16.7. The fraction of sp³-hybridized carbons (Fsp3) is 0.105. The van der Waals surface area contributed by atoms with Crippen LogP contribution in [0.15, 0.2) is 28.7 Å². The van der Waals surface area contributed by atoms with Crippen molar-refractivity contribution in [2.75, 3.05) is 5.32 Å². The molecule has 0 aliphatic carbocycles. The van der Waals surface area contributed by atoms with Gasteiger partial charge in [-0.3, -0.25) is 25.0 Å². The number of rotatable bonds is 7. The number of anilines is 1. The molecule has 0 aliphatic heterocycles. The number of hydrogen-bond donors (Lipinski definition) is 1.